The zero-order chi connectivity index (χ0) is 15.7. The maximum atomic E-state index is 12.4. The number of esters is 1. The Morgan fingerprint density at radius 3 is 2.32 bits per heavy atom. The monoisotopic (exact) mass is 350 g/mol. The van der Waals surface area contributed by atoms with Crippen molar-refractivity contribution in [1.82, 2.24) is 0 Å². The minimum atomic E-state index is -0.503. The summed E-state index contributed by atoms with van der Waals surface area (Å²) >= 11 is 17.8. The molecule has 3 aromatic carbocycles. The highest BCUT2D eigenvalue weighted by molar-refractivity contribution is 6.43. The summed E-state index contributed by atoms with van der Waals surface area (Å²) in [6, 6.07) is 15.9. The molecule has 0 N–H and O–H groups in total. The third-order valence-corrected chi connectivity index (χ3v) is 4.20. The molecule has 0 saturated carbocycles. The fraction of sp³-hybridized carbons (Fsp3) is 0. The van der Waals surface area contributed by atoms with Crippen LogP contribution in [-0.4, -0.2) is 5.97 Å². The van der Waals surface area contributed by atoms with Gasteiger partial charge in [0.05, 0.1) is 20.6 Å². The number of fused-ring (bicyclic) bond motifs is 1. The van der Waals surface area contributed by atoms with E-state index in [-0.39, 0.29) is 15.8 Å². The standard InChI is InChI=1S/C17H9Cl3O2/c18-13-8-15(20)16(9-14(13)19)22-17(21)12-7-3-5-10-4-1-2-6-11(10)12/h1-9H. The Bertz CT molecular complexity index is 870. The molecule has 0 spiro atoms. The highest BCUT2D eigenvalue weighted by Gasteiger charge is 2.15. The number of rotatable bonds is 2. The molecular formula is C17H9Cl3O2. The van der Waals surface area contributed by atoms with E-state index in [1.165, 1.54) is 12.1 Å². The Morgan fingerprint density at radius 2 is 1.50 bits per heavy atom. The summed E-state index contributed by atoms with van der Waals surface area (Å²) in [6.45, 7) is 0. The molecule has 0 heterocycles. The van der Waals surface area contributed by atoms with Crippen LogP contribution in [0, 0.1) is 0 Å². The fourth-order valence-electron chi connectivity index (χ4n) is 2.14. The topological polar surface area (TPSA) is 26.3 Å². The van der Waals surface area contributed by atoms with Gasteiger partial charge in [-0.15, -0.1) is 0 Å². The molecule has 5 heteroatoms. The smallest absolute Gasteiger partial charge is 0.344 e. The number of halogens is 3. The molecular weight excluding hydrogens is 343 g/mol. The van der Waals surface area contributed by atoms with E-state index in [0.717, 1.165) is 10.8 Å². The Balaban J connectivity index is 1.99. The predicted molar refractivity (Wildman–Crippen MR) is 90.4 cm³/mol. The lowest BCUT2D eigenvalue weighted by Gasteiger charge is -2.09. The highest BCUT2D eigenvalue weighted by Crippen LogP contribution is 2.34. The van der Waals surface area contributed by atoms with Gasteiger partial charge in [-0.3, -0.25) is 0 Å². The van der Waals surface area contributed by atoms with E-state index < -0.39 is 5.97 Å². The third-order valence-electron chi connectivity index (χ3n) is 3.19. The number of ether oxygens (including phenoxy) is 1. The van der Waals surface area contributed by atoms with Crippen LogP contribution in [0.1, 0.15) is 10.4 Å². The van der Waals surface area contributed by atoms with Crippen molar-refractivity contribution in [3.05, 3.63) is 75.2 Å². The van der Waals surface area contributed by atoms with Crippen molar-refractivity contribution in [2.24, 2.45) is 0 Å². The lowest BCUT2D eigenvalue weighted by molar-refractivity contribution is 0.0737. The van der Waals surface area contributed by atoms with Gasteiger partial charge in [0.1, 0.15) is 0 Å². The van der Waals surface area contributed by atoms with Crippen LogP contribution < -0.4 is 4.74 Å². The van der Waals surface area contributed by atoms with Gasteiger partial charge in [-0.05, 0) is 22.9 Å². The summed E-state index contributed by atoms with van der Waals surface area (Å²) in [5, 5.41) is 2.56. The van der Waals surface area contributed by atoms with E-state index in [9.17, 15) is 4.79 Å². The summed E-state index contributed by atoms with van der Waals surface area (Å²) in [4.78, 5) is 12.4. The summed E-state index contributed by atoms with van der Waals surface area (Å²) in [7, 11) is 0. The quantitative estimate of drug-likeness (QED) is 0.320. The van der Waals surface area contributed by atoms with E-state index in [0.29, 0.717) is 10.6 Å². The largest absolute Gasteiger partial charge is 0.421 e. The van der Waals surface area contributed by atoms with Gasteiger partial charge in [-0.2, -0.15) is 0 Å². The zero-order valence-electron chi connectivity index (χ0n) is 11.1. The minimum absolute atomic E-state index is 0.175. The van der Waals surface area contributed by atoms with Crippen LogP contribution in [0.15, 0.2) is 54.6 Å². The van der Waals surface area contributed by atoms with E-state index in [1.54, 1.807) is 12.1 Å². The van der Waals surface area contributed by atoms with Crippen LogP contribution >= 0.6 is 34.8 Å². The van der Waals surface area contributed by atoms with Crippen molar-refractivity contribution in [3.8, 4) is 5.75 Å². The van der Waals surface area contributed by atoms with Crippen molar-refractivity contribution in [3.63, 3.8) is 0 Å². The summed E-state index contributed by atoms with van der Waals surface area (Å²) < 4.78 is 5.36. The third kappa shape index (κ3) is 2.91. The van der Waals surface area contributed by atoms with Crippen molar-refractivity contribution in [2.75, 3.05) is 0 Å². The summed E-state index contributed by atoms with van der Waals surface area (Å²) in [6.07, 6.45) is 0. The number of carbonyl (C=O) groups is 1. The lowest BCUT2D eigenvalue weighted by atomic mass is 10.0. The van der Waals surface area contributed by atoms with Crippen molar-refractivity contribution >= 4 is 51.5 Å². The van der Waals surface area contributed by atoms with Gasteiger partial charge in [-0.1, -0.05) is 71.2 Å². The zero-order valence-corrected chi connectivity index (χ0v) is 13.4. The number of carbonyl (C=O) groups excluding carboxylic acids is 1. The van der Waals surface area contributed by atoms with Crippen molar-refractivity contribution in [1.29, 1.82) is 0 Å². The number of hydrogen-bond acceptors (Lipinski definition) is 2. The maximum Gasteiger partial charge on any atom is 0.344 e. The Hall–Kier alpha value is -1.74. The van der Waals surface area contributed by atoms with Gasteiger partial charge in [0.15, 0.2) is 5.75 Å². The van der Waals surface area contributed by atoms with Crippen LogP contribution in [-0.2, 0) is 0 Å². The molecule has 0 amide bonds. The van der Waals surface area contributed by atoms with E-state index in [1.807, 2.05) is 30.3 Å². The van der Waals surface area contributed by atoms with Gasteiger partial charge in [0, 0.05) is 6.07 Å². The molecule has 3 aromatic rings. The fourth-order valence-corrected chi connectivity index (χ4v) is 2.72. The van der Waals surface area contributed by atoms with Gasteiger partial charge in [0.25, 0.3) is 0 Å². The molecule has 3 rings (SSSR count). The molecule has 0 fully saturated rings. The normalized spacial score (nSPS) is 10.7. The lowest BCUT2D eigenvalue weighted by Crippen LogP contribution is -2.09. The van der Waals surface area contributed by atoms with Crippen LogP contribution in [0.5, 0.6) is 5.75 Å². The van der Waals surface area contributed by atoms with Crippen molar-refractivity contribution < 1.29 is 9.53 Å². The average Bonchev–Trinajstić information content (AvgIpc) is 2.52. The van der Waals surface area contributed by atoms with Gasteiger partial charge < -0.3 is 4.74 Å². The number of benzene rings is 3. The van der Waals surface area contributed by atoms with Crippen LogP contribution in [0.2, 0.25) is 15.1 Å². The van der Waals surface area contributed by atoms with Crippen LogP contribution in [0.3, 0.4) is 0 Å². The first-order chi connectivity index (χ1) is 10.6. The first kappa shape index (κ1) is 15.2. The van der Waals surface area contributed by atoms with E-state index in [2.05, 4.69) is 0 Å². The SMILES string of the molecule is O=C(Oc1cc(Cl)c(Cl)cc1Cl)c1cccc2ccccc12. The molecule has 0 aliphatic rings. The molecule has 0 radical (unpaired) electrons. The van der Waals surface area contributed by atoms with Crippen molar-refractivity contribution in [2.45, 2.75) is 0 Å². The van der Waals surface area contributed by atoms with E-state index in [4.69, 9.17) is 39.5 Å². The molecule has 22 heavy (non-hydrogen) atoms. The predicted octanol–water partition coefficient (Wildman–Crippen LogP) is 6.02. The maximum absolute atomic E-state index is 12.4. The molecule has 0 unspecified atom stereocenters. The second-order valence-corrected chi connectivity index (χ2v) is 5.83. The van der Waals surface area contributed by atoms with Gasteiger partial charge >= 0.3 is 5.97 Å². The molecule has 0 aliphatic carbocycles. The summed E-state index contributed by atoms with van der Waals surface area (Å²) in [5.74, 6) is -0.328. The first-order valence-electron chi connectivity index (χ1n) is 6.41. The van der Waals surface area contributed by atoms with Gasteiger partial charge in [-0.25, -0.2) is 4.79 Å². The minimum Gasteiger partial charge on any atom is -0.421 e. The van der Waals surface area contributed by atoms with Crippen LogP contribution in [0.4, 0.5) is 0 Å². The highest BCUT2D eigenvalue weighted by atomic mass is 35.5. The Kier molecular flexibility index (Phi) is 4.25. The molecule has 0 bridgehead atoms. The Morgan fingerprint density at radius 1 is 0.818 bits per heavy atom. The molecule has 110 valence electrons. The average molecular weight is 352 g/mol. The van der Waals surface area contributed by atoms with Gasteiger partial charge in [0.2, 0.25) is 0 Å². The second kappa shape index (κ2) is 6.17. The molecule has 0 atom stereocenters. The first-order valence-corrected chi connectivity index (χ1v) is 7.54. The van der Waals surface area contributed by atoms with E-state index >= 15 is 0 Å². The molecule has 0 aromatic heterocycles. The molecule has 0 saturated heterocycles. The molecule has 2 nitrogen and oxygen atoms in total. The number of hydrogen-bond donors (Lipinski definition) is 0. The summed E-state index contributed by atoms with van der Waals surface area (Å²) in [5.41, 5.74) is 0.459. The Labute approximate surface area is 142 Å². The molecule has 0 aliphatic heterocycles. The second-order valence-electron chi connectivity index (χ2n) is 4.61. The van der Waals surface area contributed by atoms with Crippen LogP contribution in [0.25, 0.3) is 10.8 Å².